The minimum atomic E-state index is 0.506. The molecule has 1 heterocycles. The van der Waals surface area contributed by atoms with E-state index < -0.39 is 0 Å². The standard InChI is InChI=1S/C14H16Cl2N4/c1-4-17-13-8(2)14(19-9(3)18-13)20-10-5-6-11(15)12(16)7-10/h5-7H,4H2,1-3H3,(H2,17,18,19,20). The van der Waals surface area contributed by atoms with Crippen molar-refractivity contribution >= 4 is 40.5 Å². The van der Waals surface area contributed by atoms with Gasteiger partial charge >= 0.3 is 0 Å². The Labute approximate surface area is 128 Å². The van der Waals surface area contributed by atoms with Crippen LogP contribution in [0.3, 0.4) is 0 Å². The predicted molar refractivity (Wildman–Crippen MR) is 85.4 cm³/mol. The van der Waals surface area contributed by atoms with Crippen molar-refractivity contribution in [1.82, 2.24) is 9.97 Å². The van der Waals surface area contributed by atoms with Crippen molar-refractivity contribution in [2.24, 2.45) is 0 Å². The summed E-state index contributed by atoms with van der Waals surface area (Å²) in [5, 5.41) is 7.51. The maximum Gasteiger partial charge on any atom is 0.139 e. The van der Waals surface area contributed by atoms with Gasteiger partial charge in [0.15, 0.2) is 0 Å². The molecule has 2 N–H and O–H groups in total. The molecule has 4 nitrogen and oxygen atoms in total. The summed E-state index contributed by atoms with van der Waals surface area (Å²) < 4.78 is 0. The van der Waals surface area contributed by atoms with Crippen molar-refractivity contribution in [2.75, 3.05) is 17.2 Å². The highest BCUT2D eigenvalue weighted by Gasteiger charge is 2.09. The van der Waals surface area contributed by atoms with Crippen LogP contribution in [0.25, 0.3) is 0 Å². The van der Waals surface area contributed by atoms with Crippen molar-refractivity contribution in [3.8, 4) is 0 Å². The summed E-state index contributed by atoms with van der Waals surface area (Å²) >= 11 is 11.9. The van der Waals surface area contributed by atoms with Gasteiger partial charge in [0.25, 0.3) is 0 Å². The Balaban J connectivity index is 2.35. The first-order chi connectivity index (χ1) is 9.51. The summed E-state index contributed by atoms with van der Waals surface area (Å²) in [5.74, 6) is 2.29. The number of halogens is 2. The lowest BCUT2D eigenvalue weighted by Gasteiger charge is -2.14. The first kappa shape index (κ1) is 14.9. The average Bonchev–Trinajstić information content (AvgIpc) is 2.39. The van der Waals surface area contributed by atoms with Gasteiger partial charge in [-0.1, -0.05) is 23.2 Å². The number of nitrogens with one attached hydrogen (secondary N) is 2. The number of nitrogens with zero attached hydrogens (tertiary/aromatic N) is 2. The van der Waals surface area contributed by atoms with Gasteiger partial charge in [0.1, 0.15) is 17.5 Å². The Morgan fingerprint density at radius 3 is 2.40 bits per heavy atom. The van der Waals surface area contributed by atoms with E-state index in [9.17, 15) is 0 Å². The van der Waals surface area contributed by atoms with E-state index in [1.165, 1.54) is 0 Å². The molecule has 2 aromatic rings. The van der Waals surface area contributed by atoms with E-state index in [1.807, 2.05) is 26.8 Å². The summed E-state index contributed by atoms with van der Waals surface area (Å²) in [5.41, 5.74) is 1.80. The van der Waals surface area contributed by atoms with Crippen LogP contribution in [0.5, 0.6) is 0 Å². The van der Waals surface area contributed by atoms with Crippen molar-refractivity contribution in [1.29, 1.82) is 0 Å². The molecule has 106 valence electrons. The summed E-state index contributed by atoms with van der Waals surface area (Å²) in [6.45, 7) is 6.67. The van der Waals surface area contributed by atoms with Crippen molar-refractivity contribution in [3.63, 3.8) is 0 Å². The molecule has 1 aromatic carbocycles. The Kier molecular flexibility index (Phi) is 4.68. The van der Waals surface area contributed by atoms with E-state index in [0.717, 1.165) is 29.4 Å². The van der Waals surface area contributed by atoms with Gasteiger partial charge in [0.2, 0.25) is 0 Å². The van der Waals surface area contributed by atoms with Crippen molar-refractivity contribution < 1.29 is 0 Å². The largest absolute Gasteiger partial charge is 0.370 e. The molecule has 2 rings (SSSR count). The van der Waals surface area contributed by atoms with Crippen LogP contribution in [0, 0.1) is 13.8 Å². The Morgan fingerprint density at radius 2 is 1.75 bits per heavy atom. The molecule has 6 heteroatoms. The molecule has 0 aliphatic heterocycles. The van der Waals surface area contributed by atoms with E-state index >= 15 is 0 Å². The third-order valence-corrected chi connectivity index (χ3v) is 3.52. The summed E-state index contributed by atoms with van der Waals surface area (Å²) in [4.78, 5) is 8.81. The van der Waals surface area contributed by atoms with Crippen LogP contribution in [-0.2, 0) is 0 Å². The van der Waals surface area contributed by atoms with Gasteiger partial charge in [-0.2, -0.15) is 0 Å². The van der Waals surface area contributed by atoms with Crippen LogP contribution in [0.1, 0.15) is 18.3 Å². The molecule has 0 fully saturated rings. The lowest BCUT2D eigenvalue weighted by Crippen LogP contribution is -2.07. The number of benzene rings is 1. The smallest absolute Gasteiger partial charge is 0.139 e. The maximum absolute atomic E-state index is 6.02. The lowest BCUT2D eigenvalue weighted by molar-refractivity contribution is 1.02. The van der Waals surface area contributed by atoms with E-state index in [4.69, 9.17) is 23.2 Å². The van der Waals surface area contributed by atoms with Crippen LogP contribution < -0.4 is 10.6 Å². The second-order valence-corrected chi connectivity index (χ2v) is 5.19. The topological polar surface area (TPSA) is 49.8 Å². The molecular weight excluding hydrogens is 295 g/mol. The number of anilines is 3. The monoisotopic (exact) mass is 310 g/mol. The van der Waals surface area contributed by atoms with Crippen LogP contribution in [0.4, 0.5) is 17.3 Å². The highest BCUT2D eigenvalue weighted by atomic mass is 35.5. The minimum Gasteiger partial charge on any atom is -0.370 e. The molecule has 0 unspecified atom stereocenters. The van der Waals surface area contributed by atoms with Gasteiger partial charge in [-0.3, -0.25) is 0 Å². The number of hydrogen-bond donors (Lipinski definition) is 2. The molecule has 0 spiro atoms. The van der Waals surface area contributed by atoms with Gasteiger partial charge in [-0.25, -0.2) is 9.97 Å². The van der Waals surface area contributed by atoms with Gasteiger partial charge < -0.3 is 10.6 Å². The van der Waals surface area contributed by atoms with Gasteiger partial charge in [-0.05, 0) is 39.0 Å². The van der Waals surface area contributed by atoms with Crippen LogP contribution in [0.2, 0.25) is 10.0 Å². The Morgan fingerprint density at radius 1 is 1.05 bits per heavy atom. The maximum atomic E-state index is 6.02. The van der Waals surface area contributed by atoms with Crippen LogP contribution in [-0.4, -0.2) is 16.5 Å². The quantitative estimate of drug-likeness (QED) is 0.868. The minimum absolute atomic E-state index is 0.506. The highest BCUT2D eigenvalue weighted by molar-refractivity contribution is 6.42. The van der Waals surface area contributed by atoms with E-state index in [-0.39, 0.29) is 0 Å². The number of rotatable bonds is 4. The summed E-state index contributed by atoms with van der Waals surface area (Å²) in [6, 6.07) is 5.38. The second kappa shape index (κ2) is 6.29. The Bertz CT molecular complexity index is 629. The predicted octanol–water partition coefficient (Wildman–Crippen LogP) is 4.58. The lowest BCUT2D eigenvalue weighted by atomic mass is 10.2. The molecule has 0 bridgehead atoms. The molecule has 0 amide bonds. The molecule has 0 atom stereocenters. The molecule has 1 aromatic heterocycles. The zero-order valence-corrected chi connectivity index (χ0v) is 13.1. The Hall–Kier alpha value is -1.52. The second-order valence-electron chi connectivity index (χ2n) is 4.38. The molecule has 0 aliphatic rings. The van der Waals surface area contributed by atoms with E-state index in [2.05, 4.69) is 20.6 Å². The van der Waals surface area contributed by atoms with Gasteiger partial charge in [-0.15, -0.1) is 0 Å². The zero-order valence-electron chi connectivity index (χ0n) is 11.6. The van der Waals surface area contributed by atoms with E-state index in [0.29, 0.717) is 15.9 Å². The zero-order chi connectivity index (χ0) is 14.7. The highest BCUT2D eigenvalue weighted by Crippen LogP contribution is 2.28. The summed E-state index contributed by atoms with van der Waals surface area (Å²) in [6.07, 6.45) is 0. The van der Waals surface area contributed by atoms with Gasteiger partial charge in [0, 0.05) is 17.8 Å². The molecule has 0 saturated carbocycles. The SMILES string of the molecule is CCNc1nc(C)nc(Nc2ccc(Cl)c(Cl)c2)c1C. The third-order valence-electron chi connectivity index (χ3n) is 2.78. The molecule has 0 aliphatic carbocycles. The first-order valence-electron chi connectivity index (χ1n) is 6.32. The van der Waals surface area contributed by atoms with Crippen LogP contribution >= 0.6 is 23.2 Å². The number of aryl methyl sites for hydroxylation is 1. The molecule has 0 saturated heterocycles. The van der Waals surface area contributed by atoms with Crippen molar-refractivity contribution in [2.45, 2.75) is 20.8 Å². The fourth-order valence-corrected chi connectivity index (χ4v) is 2.10. The average molecular weight is 311 g/mol. The first-order valence-corrected chi connectivity index (χ1v) is 7.08. The van der Waals surface area contributed by atoms with Crippen molar-refractivity contribution in [3.05, 3.63) is 39.6 Å². The number of aromatic nitrogens is 2. The van der Waals surface area contributed by atoms with E-state index in [1.54, 1.807) is 12.1 Å². The molecule has 0 radical (unpaired) electrons. The third kappa shape index (κ3) is 3.32. The fraction of sp³-hybridized carbons (Fsp3) is 0.286. The summed E-state index contributed by atoms with van der Waals surface area (Å²) in [7, 11) is 0. The number of hydrogen-bond acceptors (Lipinski definition) is 4. The van der Waals surface area contributed by atoms with Crippen LogP contribution in [0.15, 0.2) is 18.2 Å². The van der Waals surface area contributed by atoms with Gasteiger partial charge in [0.05, 0.1) is 10.0 Å². The molecule has 20 heavy (non-hydrogen) atoms. The normalized spacial score (nSPS) is 10.4. The fourth-order valence-electron chi connectivity index (χ4n) is 1.80. The molecular formula is C14H16Cl2N4.